The Morgan fingerprint density at radius 1 is 1.30 bits per heavy atom. The van der Waals surface area contributed by atoms with Gasteiger partial charge in [-0.2, -0.15) is 0 Å². The Kier molecular flexibility index (Phi) is 5.55. The van der Waals surface area contributed by atoms with Crippen molar-refractivity contribution >= 4 is 0 Å². The van der Waals surface area contributed by atoms with Crippen LogP contribution in [0.2, 0.25) is 0 Å². The lowest BCUT2D eigenvalue weighted by molar-refractivity contribution is 0.126. The lowest BCUT2D eigenvalue weighted by Crippen LogP contribution is -2.56. The molecule has 0 radical (unpaired) electrons. The minimum atomic E-state index is -0.133. The summed E-state index contributed by atoms with van der Waals surface area (Å²) in [6.07, 6.45) is 3.38. The fourth-order valence-corrected chi connectivity index (χ4v) is 3.08. The molecule has 20 heavy (non-hydrogen) atoms. The average Bonchev–Trinajstić information content (AvgIpc) is 2.46. The molecule has 0 aromatic heterocycles. The summed E-state index contributed by atoms with van der Waals surface area (Å²) in [7, 11) is 0. The van der Waals surface area contributed by atoms with Gasteiger partial charge in [0.1, 0.15) is 5.82 Å². The molecule has 0 aliphatic carbocycles. The van der Waals surface area contributed by atoms with E-state index < -0.39 is 0 Å². The minimum absolute atomic E-state index is 0.133. The van der Waals surface area contributed by atoms with Crippen molar-refractivity contribution in [2.75, 3.05) is 19.6 Å². The molecule has 2 unspecified atom stereocenters. The second-order valence-electron chi connectivity index (χ2n) is 5.89. The number of halogens is 1. The maximum Gasteiger partial charge on any atom is 0.123 e. The minimum Gasteiger partial charge on any atom is -0.311 e. The van der Waals surface area contributed by atoms with Crippen LogP contribution in [-0.4, -0.2) is 36.6 Å². The normalized spacial score (nSPS) is 24.0. The van der Waals surface area contributed by atoms with Gasteiger partial charge in [0.2, 0.25) is 0 Å². The van der Waals surface area contributed by atoms with Crippen LogP contribution in [0.1, 0.15) is 37.8 Å². The number of benzene rings is 1. The zero-order chi connectivity index (χ0) is 14.5. The largest absolute Gasteiger partial charge is 0.311 e. The van der Waals surface area contributed by atoms with Crippen LogP contribution in [0.15, 0.2) is 18.2 Å². The Labute approximate surface area is 122 Å². The molecule has 1 aliphatic heterocycles. The Balaban J connectivity index is 1.96. The summed E-state index contributed by atoms with van der Waals surface area (Å²) >= 11 is 0. The molecule has 0 saturated carbocycles. The summed E-state index contributed by atoms with van der Waals surface area (Å²) in [5, 5.41) is 3.63. The molecule has 1 aromatic carbocycles. The first-order chi connectivity index (χ1) is 9.63. The van der Waals surface area contributed by atoms with Crippen molar-refractivity contribution in [1.29, 1.82) is 0 Å². The van der Waals surface area contributed by atoms with Gasteiger partial charge in [-0.3, -0.25) is 4.90 Å². The standard InChI is InChI=1S/C17H27FN2/c1-4-16-12-20(17(5-2)11-19-16)9-8-14-6-7-15(18)10-13(14)3/h6-7,10,16-17,19H,4-5,8-9,11-12H2,1-3H3. The molecule has 2 rings (SSSR count). The third kappa shape index (κ3) is 3.80. The van der Waals surface area contributed by atoms with E-state index in [1.807, 2.05) is 13.0 Å². The molecule has 1 aromatic rings. The summed E-state index contributed by atoms with van der Waals surface area (Å²) < 4.78 is 13.1. The average molecular weight is 278 g/mol. The Morgan fingerprint density at radius 2 is 2.10 bits per heavy atom. The summed E-state index contributed by atoms with van der Waals surface area (Å²) in [6.45, 7) is 9.80. The van der Waals surface area contributed by atoms with Crippen LogP contribution < -0.4 is 5.32 Å². The second kappa shape index (κ2) is 7.19. The van der Waals surface area contributed by atoms with Crippen LogP contribution >= 0.6 is 0 Å². The summed E-state index contributed by atoms with van der Waals surface area (Å²) in [5.74, 6) is -0.133. The van der Waals surface area contributed by atoms with E-state index in [1.165, 1.54) is 18.4 Å². The van der Waals surface area contributed by atoms with E-state index in [1.54, 1.807) is 12.1 Å². The maximum absolute atomic E-state index is 13.1. The van der Waals surface area contributed by atoms with Gasteiger partial charge >= 0.3 is 0 Å². The van der Waals surface area contributed by atoms with E-state index in [0.29, 0.717) is 12.1 Å². The SMILES string of the molecule is CCC1CN(CCc2ccc(F)cc2C)C(CC)CN1. The third-order valence-corrected chi connectivity index (χ3v) is 4.55. The monoisotopic (exact) mass is 278 g/mol. The van der Waals surface area contributed by atoms with Gasteiger partial charge < -0.3 is 5.32 Å². The van der Waals surface area contributed by atoms with Gasteiger partial charge in [0.05, 0.1) is 0 Å². The van der Waals surface area contributed by atoms with E-state index in [-0.39, 0.29) is 5.82 Å². The fraction of sp³-hybridized carbons (Fsp3) is 0.647. The molecule has 2 nitrogen and oxygen atoms in total. The fourth-order valence-electron chi connectivity index (χ4n) is 3.08. The highest BCUT2D eigenvalue weighted by molar-refractivity contribution is 5.26. The number of nitrogens with one attached hydrogen (secondary N) is 1. The molecular formula is C17H27FN2. The molecule has 0 spiro atoms. The molecule has 2 atom stereocenters. The number of nitrogens with zero attached hydrogens (tertiary/aromatic N) is 1. The van der Waals surface area contributed by atoms with Crippen LogP contribution in [0.5, 0.6) is 0 Å². The van der Waals surface area contributed by atoms with Crippen molar-refractivity contribution in [2.45, 2.75) is 52.1 Å². The molecule has 1 saturated heterocycles. The second-order valence-corrected chi connectivity index (χ2v) is 5.89. The van der Waals surface area contributed by atoms with Crippen LogP contribution in [-0.2, 0) is 6.42 Å². The Bertz CT molecular complexity index is 433. The van der Waals surface area contributed by atoms with Crippen molar-refractivity contribution in [3.8, 4) is 0 Å². The van der Waals surface area contributed by atoms with Gasteiger partial charge in [-0.05, 0) is 49.4 Å². The highest BCUT2D eigenvalue weighted by atomic mass is 19.1. The molecule has 1 fully saturated rings. The number of rotatable bonds is 5. The first-order valence-electron chi connectivity index (χ1n) is 7.86. The topological polar surface area (TPSA) is 15.3 Å². The quantitative estimate of drug-likeness (QED) is 0.890. The van der Waals surface area contributed by atoms with Gasteiger partial charge in [-0.1, -0.05) is 19.9 Å². The summed E-state index contributed by atoms with van der Waals surface area (Å²) in [4.78, 5) is 2.60. The van der Waals surface area contributed by atoms with Gasteiger partial charge in [-0.25, -0.2) is 4.39 Å². The van der Waals surface area contributed by atoms with Crippen LogP contribution in [0, 0.1) is 12.7 Å². The number of aryl methyl sites for hydroxylation is 1. The molecule has 1 N–H and O–H groups in total. The molecule has 0 bridgehead atoms. The molecule has 1 heterocycles. The highest BCUT2D eigenvalue weighted by Crippen LogP contribution is 2.15. The Hall–Kier alpha value is -0.930. The molecule has 3 heteroatoms. The maximum atomic E-state index is 13.1. The first-order valence-corrected chi connectivity index (χ1v) is 7.86. The summed E-state index contributed by atoms with van der Waals surface area (Å²) in [5.41, 5.74) is 2.34. The van der Waals surface area contributed by atoms with Crippen molar-refractivity contribution in [3.63, 3.8) is 0 Å². The number of hydrogen-bond acceptors (Lipinski definition) is 2. The van der Waals surface area contributed by atoms with Crippen LogP contribution in [0.4, 0.5) is 4.39 Å². The van der Waals surface area contributed by atoms with Crippen molar-refractivity contribution in [3.05, 3.63) is 35.1 Å². The highest BCUT2D eigenvalue weighted by Gasteiger charge is 2.25. The van der Waals surface area contributed by atoms with E-state index in [9.17, 15) is 4.39 Å². The first kappa shape index (κ1) is 15.5. The zero-order valence-corrected chi connectivity index (χ0v) is 13.0. The van der Waals surface area contributed by atoms with E-state index in [0.717, 1.165) is 31.6 Å². The molecular weight excluding hydrogens is 251 g/mol. The van der Waals surface area contributed by atoms with Crippen LogP contribution in [0.3, 0.4) is 0 Å². The van der Waals surface area contributed by atoms with Gasteiger partial charge in [0.15, 0.2) is 0 Å². The van der Waals surface area contributed by atoms with Gasteiger partial charge in [0.25, 0.3) is 0 Å². The van der Waals surface area contributed by atoms with Crippen molar-refractivity contribution in [2.24, 2.45) is 0 Å². The molecule has 0 amide bonds. The van der Waals surface area contributed by atoms with E-state index in [4.69, 9.17) is 0 Å². The van der Waals surface area contributed by atoms with Crippen LogP contribution in [0.25, 0.3) is 0 Å². The Morgan fingerprint density at radius 3 is 2.75 bits per heavy atom. The van der Waals surface area contributed by atoms with Crippen molar-refractivity contribution in [1.82, 2.24) is 10.2 Å². The van der Waals surface area contributed by atoms with Gasteiger partial charge in [-0.15, -0.1) is 0 Å². The zero-order valence-electron chi connectivity index (χ0n) is 13.0. The number of piperazine rings is 1. The third-order valence-electron chi connectivity index (χ3n) is 4.55. The van der Waals surface area contributed by atoms with Crippen molar-refractivity contribution < 1.29 is 4.39 Å². The lowest BCUT2D eigenvalue weighted by Gasteiger charge is -2.40. The molecule has 1 aliphatic rings. The number of hydrogen-bond donors (Lipinski definition) is 1. The summed E-state index contributed by atoms with van der Waals surface area (Å²) in [6, 6.07) is 6.40. The molecule has 112 valence electrons. The van der Waals surface area contributed by atoms with E-state index in [2.05, 4.69) is 24.1 Å². The lowest BCUT2D eigenvalue weighted by atomic mass is 10.0. The predicted octanol–water partition coefficient (Wildman–Crippen LogP) is 3.14. The predicted molar refractivity (Wildman–Crippen MR) is 82.6 cm³/mol. The smallest absolute Gasteiger partial charge is 0.123 e. The van der Waals surface area contributed by atoms with E-state index >= 15 is 0 Å². The van der Waals surface area contributed by atoms with Gasteiger partial charge in [0, 0.05) is 31.7 Å².